The summed E-state index contributed by atoms with van der Waals surface area (Å²) in [6.07, 6.45) is 2.73. The molecule has 0 saturated heterocycles. The molecule has 0 radical (unpaired) electrons. The molecular formula is C11H8FNOS. The summed E-state index contributed by atoms with van der Waals surface area (Å²) in [6, 6.07) is 5.14. The predicted octanol–water partition coefficient (Wildman–Crippen LogP) is 2.71. The minimum atomic E-state index is -0.556. The van der Waals surface area contributed by atoms with E-state index in [-0.39, 0.29) is 17.8 Å². The van der Waals surface area contributed by atoms with Crippen LogP contribution in [0.1, 0.15) is 15.2 Å². The summed E-state index contributed by atoms with van der Waals surface area (Å²) in [5, 5.41) is 1.89. The predicted molar refractivity (Wildman–Crippen MR) is 56.5 cm³/mol. The number of pyridine rings is 1. The first-order chi connectivity index (χ1) is 7.27. The average molecular weight is 221 g/mol. The molecule has 0 aliphatic rings. The van der Waals surface area contributed by atoms with E-state index in [4.69, 9.17) is 0 Å². The summed E-state index contributed by atoms with van der Waals surface area (Å²) in [5.74, 6) is -0.767. The number of halogens is 1. The Kier molecular flexibility index (Phi) is 2.87. The molecule has 2 nitrogen and oxygen atoms in total. The standard InChI is InChI=1S/C11H8FNOS/c12-10-7-13-4-3-9(10)11(14)6-8-2-1-5-15-8/h1-5,7H,6H2. The van der Waals surface area contributed by atoms with Crippen molar-refractivity contribution in [2.24, 2.45) is 0 Å². The summed E-state index contributed by atoms with van der Waals surface area (Å²) in [4.78, 5) is 16.2. The van der Waals surface area contributed by atoms with Gasteiger partial charge in [0.15, 0.2) is 11.6 Å². The molecule has 76 valence electrons. The summed E-state index contributed by atoms with van der Waals surface area (Å²) in [5.41, 5.74) is 0.110. The second-order valence-electron chi connectivity index (χ2n) is 3.03. The largest absolute Gasteiger partial charge is 0.294 e. The quantitative estimate of drug-likeness (QED) is 0.746. The summed E-state index contributed by atoms with van der Waals surface area (Å²) >= 11 is 1.49. The molecule has 2 aromatic rings. The topological polar surface area (TPSA) is 30.0 Å². The average Bonchev–Trinajstić information content (AvgIpc) is 2.71. The number of nitrogens with zero attached hydrogens (tertiary/aromatic N) is 1. The van der Waals surface area contributed by atoms with Crippen molar-refractivity contribution in [2.45, 2.75) is 6.42 Å². The van der Waals surface area contributed by atoms with E-state index in [0.717, 1.165) is 11.1 Å². The Morgan fingerprint density at radius 1 is 1.47 bits per heavy atom. The Balaban J connectivity index is 2.19. The molecule has 0 fully saturated rings. The number of aromatic nitrogens is 1. The zero-order valence-corrected chi connectivity index (χ0v) is 8.63. The first-order valence-corrected chi connectivity index (χ1v) is 5.30. The van der Waals surface area contributed by atoms with Crippen LogP contribution in [-0.4, -0.2) is 10.8 Å². The fraction of sp³-hybridized carbons (Fsp3) is 0.0909. The van der Waals surface area contributed by atoms with Crippen LogP contribution in [-0.2, 0) is 6.42 Å². The molecule has 0 N–H and O–H groups in total. The van der Waals surface area contributed by atoms with Gasteiger partial charge in [-0.1, -0.05) is 6.07 Å². The maximum Gasteiger partial charge on any atom is 0.171 e. The van der Waals surface area contributed by atoms with Gasteiger partial charge in [-0.25, -0.2) is 4.39 Å². The fourth-order valence-corrected chi connectivity index (χ4v) is 1.97. The lowest BCUT2D eigenvalue weighted by Gasteiger charge is -1.99. The number of hydrogen-bond donors (Lipinski definition) is 0. The van der Waals surface area contributed by atoms with Gasteiger partial charge in [0.05, 0.1) is 11.8 Å². The van der Waals surface area contributed by atoms with Crippen LogP contribution in [0.15, 0.2) is 36.0 Å². The van der Waals surface area contributed by atoms with Crippen molar-refractivity contribution < 1.29 is 9.18 Å². The van der Waals surface area contributed by atoms with E-state index < -0.39 is 5.82 Å². The van der Waals surface area contributed by atoms with Crippen LogP contribution in [0.3, 0.4) is 0 Å². The van der Waals surface area contributed by atoms with Crippen molar-refractivity contribution in [1.29, 1.82) is 0 Å². The van der Waals surface area contributed by atoms with Crippen LogP contribution in [0.2, 0.25) is 0 Å². The Morgan fingerprint density at radius 2 is 2.33 bits per heavy atom. The minimum absolute atomic E-state index is 0.110. The molecule has 15 heavy (non-hydrogen) atoms. The van der Waals surface area contributed by atoms with Gasteiger partial charge in [0.2, 0.25) is 0 Å². The molecule has 2 rings (SSSR count). The van der Waals surface area contributed by atoms with E-state index >= 15 is 0 Å². The molecule has 0 aliphatic carbocycles. The van der Waals surface area contributed by atoms with Gasteiger partial charge >= 0.3 is 0 Å². The van der Waals surface area contributed by atoms with E-state index in [1.807, 2.05) is 17.5 Å². The van der Waals surface area contributed by atoms with Gasteiger partial charge in [-0.05, 0) is 17.5 Å². The molecule has 0 aromatic carbocycles. The molecule has 0 aliphatic heterocycles. The SMILES string of the molecule is O=C(Cc1cccs1)c1ccncc1F. The van der Waals surface area contributed by atoms with Crippen LogP contribution in [0.4, 0.5) is 4.39 Å². The van der Waals surface area contributed by atoms with Crippen LogP contribution < -0.4 is 0 Å². The summed E-state index contributed by atoms with van der Waals surface area (Å²) in [6.45, 7) is 0. The molecular weight excluding hydrogens is 213 g/mol. The Labute approximate surface area is 90.4 Å². The van der Waals surface area contributed by atoms with Crippen LogP contribution in [0, 0.1) is 5.82 Å². The van der Waals surface area contributed by atoms with Gasteiger partial charge in [0.25, 0.3) is 0 Å². The number of rotatable bonds is 3. The molecule has 4 heteroatoms. The van der Waals surface area contributed by atoms with E-state index in [2.05, 4.69) is 4.98 Å². The fourth-order valence-electron chi connectivity index (χ4n) is 1.27. The highest BCUT2D eigenvalue weighted by Gasteiger charge is 2.12. The molecule has 2 aromatic heterocycles. The first-order valence-electron chi connectivity index (χ1n) is 4.42. The van der Waals surface area contributed by atoms with Crippen molar-refractivity contribution in [3.63, 3.8) is 0 Å². The van der Waals surface area contributed by atoms with E-state index in [9.17, 15) is 9.18 Å². The maximum absolute atomic E-state index is 13.2. The van der Waals surface area contributed by atoms with E-state index in [1.54, 1.807) is 0 Å². The van der Waals surface area contributed by atoms with Crippen molar-refractivity contribution >= 4 is 17.1 Å². The number of Topliss-reactive ketones (excluding diaryl/α,β-unsaturated/α-hetero) is 1. The van der Waals surface area contributed by atoms with Crippen LogP contribution in [0.5, 0.6) is 0 Å². The number of ketones is 1. The number of carbonyl (C=O) groups is 1. The highest BCUT2D eigenvalue weighted by atomic mass is 32.1. The molecule has 0 spiro atoms. The Bertz CT molecular complexity index is 467. The molecule has 0 saturated carbocycles. The van der Waals surface area contributed by atoms with Gasteiger partial charge in [-0.3, -0.25) is 9.78 Å². The molecule has 0 atom stereocenters. The zero-order chi connectivity index (χ0) is 10.7. The van der Waals surface area contributed by atoms with Gasteiger partial charge < -0.3 is 0 Å². The van der Waals surface area contributed by atoms with Gasteiger partial charge in [-0.15, -0.1) is 11.3 Å². The van der Waals surface area contributed by atoms with Crippen molar-refractivity contribution in [2.75, 3.05) is 0 Å². The van der Waals surface area contributed by atoms with Gasteiger partial charge in [0.1, 0.15) is 0 Å². The van der Waals surface area contributed by atoms with Gasteiger partial charge in [0, 0.05) is 17.5 Å². The normalized spacial score (nSPS) is 10.2. The summed E-state index contributed by atoms with van der Waals surface area (Å²) in [7, 11) is 0. The smallest absolute Gasteiger partial charge is 0.171 e. The van der Waals surface area contributed by atoms with Crippen LogP contribution >= 0.6 is 11.3 Å². The van der Waals surface area contributed by atoms with Gasteiger partial charge in [-0.2, -0.15) is 0 Å². The molecule has 0 amide bonds. The maximum atomic E-state index is 13.2. The third-order valence-corrected chi connectivity index (χ3v) is 2.86. The number of carbonyl (C=O) groups excluding carboxylic acids is 1. The molecule has 0 bridgehead atoms. The highest BCUT2D eigenvalue weighted by molar-refractivity contribution is 7.10. The lowest BCUT2D eigenvalue weighted by Crippen LogP contribution is -2.05. The minimum Gasteiger partial charge on any atom is -0.294 e. The Morgan fingerprint density at radius 3 is 3.00 bits per heavy atom. The number of thiophene rings is 1. The second-order valence-corrected chi connectivity index (χ2v) is 4.07. The monoisotopic (exact) mass is 221 g/mol. The third-order valence-electron chi connectivity index (χ3n) is 1.99. The highest BCUT2D eigenvalue weighted by Crippen LogP contribution is 2.14. The lowest BCUT2D eigenvalue weighted by atomic mass is 10.1. The van der Waals surface area contributed by atoms with Crippen molar-refractivity contribution in [1.82, 2.24) is 4.98 Å². The zero-order valence-electron chi connectivity index (χ0n) is 7.81. The molecule has 0 unspecified atom stereocenters. The van der Waals surface area contributed by atoms with E-state index in [0.29, 0.717) is 0 Å². The second kappa shape index (κ2) is 4.31. The first kappa shape index (κ1) is 9.98. The van der Waals surface area contributed by atoms with Crippen molar-refractivity contribution in [3.05, 3.63) is 52.2 Å². The number of hydrogen-bond acceptors (Lipinski definition) is 3. The molecule has 2 heterocycles. The third kappa shape index (κ3) is 2.27. The summed E-state index contributed by atoms with van der Waals surface area (Å²) < 4.78 is 13.2. The van der Waals surface area contributed by atoms with E-state index in [1.165, 1.54) is 23.6 Å². The Hall–Kier alpha value is -1.55. The van der Waals surface area contributed by atoms with Crippen molar-refractivity contribution in [3.8, 4) is 0 Å². The van der Waals surface area contributed by atoms with Crippen LogP contribution in [0.25, 0.3) is 0 Å². The lowest BCUT2D eigenvalue weighted by molar-refractivity contribution is 0.0990.